The van der Waals surface area contributed by atoms with Gasteiger partial charge in [-0.2, -0.15) is 0 Å². The molecule has 1 fully saturated rings. The predicted octanol–water partition coefficient (Wildman–Crippen LogP) is 6.59. The Hall–Kier alpha value is -4.11. The Morgan fingerprint density at radius 3 is 2.65 bits per heavy atom. The number of amides is 1. The molecule has 9 nitrogen and oxygen atoms in total. The van der Waals surface area contributed by atoms with Crippen LogP contribution in [0.15, 0.2) is 61.1 Å². The Kier molecular flexibility index (Phi) is 8.51. The molecule has 9 heteroatoms. The highest BCUT2D eigenvalue weighted by atomic mass is 16.6. The lowest BCUT2D eigenvalue weighted by Crippen LogP contribution is -2.32. The zero-order chi connectivity index (χ0) is 29.8. The van der Waals surface area contributed by atoms with E-state index < -0.39 is 5.60 Å². The zero-order valence-corrected chi connectivity index (χ0v) is 25.0. The average Bonchev–Trinajstić information content (AvgIpc) is 3.70. The van der Waals surface area contributed by atoms with Crippen LogP contribution in [0.25, 0.3) is 32.9 Å². The van der Waals surface area contributed by atoms with E-state index in [4.69, 9.17) is 9.47 Å². The van der Waals surface area contributed by atoms with E-state index in [9.17, 15) is 9.90 Å². The van der Waals surface area contributed by atoms with Gasteiger partial charge in [0.2, 0.25) is 0 Å². The van der Waals surface area contributed by atoms with Crippen molar-refractivity contribution in [3.8, 4) is 16.9 Å². The number of nitrogens with one attached hydrogen (secondary N) is 2. The standard InChI is InChI=1S/C34H41N5O4/c1-34(2,41)21-39-20-29(25-11-10-24-19-28(42-27-14-15-27)13-12-23(24)18-25)30-31(37-22-38-32(30)39)35-16-17-36-33(40)43-26-8-6-4-3-5-7-9-26/h3-4,10-13,18-20,22,26-27,41H,5-9,14-17,21H2,1-2H3,(H,36,40)(H,35,37,38)/b4-3+. The first-order valence-corrected chi connectivity index (χ1v) is 15.4. The molecular formula is C34H41N5O4. The quantitative estimate of drug-likeness (QED) is 0.143. The minimum atomic E-state index is -0.930. The van der Waals surface area contributed by atoms with Crippen molar-refractivity contribution >= 4 is 33.7 Å². The highest BCUT2D eigenvalue weighted by molar-refractivity contribution is 6.03. The first kappa shape index (κ1) is 29.0. The van der Waals surface area contributed by atoms with Crippen molar-refractivity contribution in [2.75, 3.05) is 18.4 Å². The number of hydrogen-bond acceptors (Lipinski definition) is 7. The number of fused-ring (bicyclic) bond motifs is 2. The third-order valence-corrected chi connectivity index (χ3v) is 7.84. The third-order valence-electron chi connectivity index (χ3n) is 7.84. The largest absolute Gasteiger partial charge is 0.490 e. The highest BCUT2D eigenvalue weighted by Crippen LogP contribution is 2.37. The summed E-state index contributed by atoms with van der Waals surface area (Å²) in [6, 6.07) is 12.6. The van der Waals surface area contributed by atoms with Crippen LogP contribution in [0.1, 0.15) is 58.8 Å². The normalized spacial score (nSPS) is 18.2. The minimum absolute atomic E-state index is 0.0447. The molecule has 6 rings (SSSR count). The van der Waals surface area contributed by atoms with Crippen molar-refractivity contribution in [3.63, 3.8) is 0 Å². The number of benzene rings is 2. The van der Waals surface area contributed by atoms with Crippen molar-refractivity contribution in [1.82, 2.24) is 19.9 Å². The molecule has 0 saturated heterocycles. The Labute approximate surface area is 252 Å². The van der Waals surface area contributed by atoms with Crippen LogP contribution < -0.4 is 15.4 Å². The number of alkyl carbamates (subject to hydrolysis) is 1. The van der Waals surface area contributed by atoms with Gasteiger partial charge in [-0.15, -0.1) is 0 Å². The Morgan fingerprint density at radius 2 is 1.81 bits per heavy atom. The van der Waals surface area contributed by atoms with E-state index >= 15 is 0 Å². The lowest BCUT2D eigenvalue weighted by Gasteiger charge is -2.19. The molecule has 0 spiro atoms. The molecule has 226 valence electrons. The van der Waals surface area contributed by atoms with Gasteiger partial charge in [0.25, 0.3) is 0 Å². The Balaban J connectivity index is 1.21. The van der Waals surface area contributed by atoms with Crippen LogP contribution in [0.4, 0.5) is 10.6 Å². The SMILES string of the molecule is CC(C)(O)Cn1cc(-c2ccc3cc(OC4CC4)ccc3c2)c2c(NCCNC(=O)OC3CC/C=C/CCC3)ncnc21. The second kappa shape index (κ2) is 12.6. The van der Waals surface area contributed by atoms with Crippen molar-refractivity contribution in [3.05, 3.63) is 61.1 Å². The van der Waals surface area contributed by atoms with Crippen LogP contribution >= 0.6 is 0 Å². The van der Waals surface area contributed by atoms with E-state index in [1.165, 1.54) is 6.33 Å². The van der Waals surface area contributed by atoms with Crippen molar-refractivity contribution in [2.24, 2.45) is 0 Å². The molecule has 2 aliphatic carbocycles. The van der Waals surface area contributed by atoms with Gasteiger partial charge in [-0.05, 0) is 93.3 Å². The fourth-order valence-electron chi connectivity index (χ4n) is 5.64. The molecule has 0 aliphatic heterocycles. The number of rotatable bonds is 10. The Bertz CT molecular complexity index is 1620. The smallest absolute Gasteiger partial charge is 0.407 e. The maximum absolute atomic E-state index is 12.5. The summed E-state index contributed by atoms with van der Waals surface area (Å²) in [5, 5.41) is 20.0. The van der Waals surface area contributed by atoms with Gasteiger partial charge in [0, 0.05) is 24.8 Å². The van der Waals surface area contributed by atoms with E-state index in [0.29, 0.717) is 31.6 Å². The van der Waals surface area contributed by atoms with E-state index in [-0.39, 0.29) is 12.2 Å². The molecule has 1 saturated carbocycles. The van der Waals surface area contributed by atoms with Gasteiger partial charge in [-0.1, -0.05) is 30.4 Å². The summed E-state index contributed by atoms with van der Waals surface area (Å²) in [7, 11) is 0. The van der Waals surface area contributed by atoms with Crippen LogP contribution in [-0.4, -0.2) is 56.6 Å². The van der Waals surface area contributed by atoms with E-state index in [2.05, 4.69) is 63.1 Å². The number of carbonyl (C=O) groups is 1. The lowest BCUT2D eigenvalue weighted by atomic mass is 10.0. The van der Waals surface area contributed by atoms with Gasteiger partial charge in [-0.3, -0.25) is 0 Å². The van der Waals surface area contributed by atoms with E-state index in [0.717, 1.165) is 83.6 Å². The molecule has 1 amide bonds. The second-order valence-corrected chi connectivity index (χ2v) is 12.3. The number of aromatic nitrogens is 3. The fourth-order valence-corrected chi connectivity index (χ4v) is 5.64. The van der Waals surface area contributed by atoms with Gasteiger partial charge in [0.05, 0.1) is 23.6 Å². The maximum Gasteiger partial charge on any atom is 0.407 e. The number of hydrogen-bond donors (Lipinski definition) is 3. The van der Waals surface area contributed by atoms with Crippen LogP contribution in [0.3, 0.4) is 0 Å². The summed E-state index contributed by atoms with van der Waals surface area (Å²) in [4.78, 5) is 21.6. The number of carbonyl (C=O) groups excluding carboxylic acids is 1. The number of aliphatic hydroxyl groups is 1. The fraction of sp³-hybridized carbons (Fsp3) is 0.441. The predicted molar refractivity (Wildman–Crippen MR) is 169 cm³/mol. The lowest BCUT2D eigenvalue weighted by molar-refractivity contribution is 0.0627. The molecule has 0 radical (unpaired) electrons. The molecule has 4 aromatic rings. The number of anilines is 1. The van der Waals surface area contributed by atoms with Crippen LogP contribution in [0.5, 0.6) is 5.75 Å². The maximum atomic E-state index is 12.5. The zero-order valence-electron chi connectivity index (χ0n) is 25.0. The first-order valence-electron chi connectivity index (χ1n) is 15.4. The summed E-state index contributed by atoms with van der Waals surface area (Å²) in [6.07, 6.45) is 14.9. The number of nitrogens with zero attached hydrogens (tertiary/aromatic N) is 3. The van der Waals surface area contributed by atoms with Crippen molar-refractivity contribution < 1.29 is 19.4 Å². The molecule has 0 bridgehead atoms. The Morgan fingerprint density at radius 1 is 1.00 bits per heavy atom. The molecule has 2 aromatic heterocycles. The molecule has 1 atom stereocenters. The van der Waals surface area contributed by atoms with E-state index in [1.54, 1.807) is 13.8 Å². The van der Waals surface area contributed by atoms with Crippen molar-refractivity contribution in [2.45, 2.75) is 83.1 Å². The van der Waals surface area contributed by atoms with Gasteiger partial charge < -0.3 is 29.8 Å². The summed E-state index contributed by atoms with van der Waals surface area (Å²) in [5.74, 6) is 1.58. The average molecular weight is 584 g/mol. The monoisotopic (exact) mass is 583 g/mol. The molecular weight excluding hydrogens is 542 g/mol. The van der Waals surface area contributed by atoms with Gasteiger partial charge in [-0.25, -0.2) is 14.8 Å². The highest BCUT2D eigenvalue weighted by Gasteiger charge is 2.24. The van der Waals surface area contributed by atoms with Crippen LogP contribution in [-0.2, 0) is 11.3 Å². The van der Waals surface area contributed by atoms with Crippen LogP contribution in [0.2, 0.25) is 0 Å². The minimum Gasteiger partial charge on any atom is -0.490 e. The first-order chi connectivity index (χ1) is 20.8. The summed E-state index contributed by atoms with van der Waals surface area (Å²) in [5.41, 5.74) is 1.79. The summed E-state index contributed by atoms with van der Waals surface area (Å²) >= 11 is 0. The topological polar surface area (TPSA) is 111 Å². The van der Waals surface area contributed by atoms with Crippen LogP contribution in [0, 0.1) is 0 Å². The summed E-state index contributed by atoms with van der Waals surface area (Å²) in [6.45, 7) is 4.80. The van der Waals surface area contributed by atoms with Crippen molar-refractivity contribution in [1.29, 1.82) is 0 Å². The number of allylic oxidation sites excluding steroid dienone is 2. The molecule has 1 unspecified atom stereocenters. The molecule has 2 aliphatic rings. The van der Waals surface area contributed by atoms with Gasteiger partial charge in [0.1, 0.15) is 29.6 Å². The van der Waals surface area contributed by atoms with Gasteiger partial charge in [0.15, 0.2) is 0 Å². The second-order valence-electron chi connectivity index (χ2n) is 12.3. The van der Waals surface area contributed by atoms with Gasteiger partial charge >= 0.3 is 6.09 Å². The molecule has 2 heterocycles. The summed E-state index contributed by atoms with van der Waals surface area (Å²) < 4.78 is 13.6. The van der Waals surface area contributed by atoms with E-state index in [1.807, 2.05) is 16.8 Å². The third kappa shape index (κ3) is 7.46. The molecule has 43 heavy (non-hydrogen) atoms. The molecule has 3 N–H and O–H groups in total. The molecule has 2 aromatic carbocycles. The number of ether oxygens (including phenoxy) is 2.